The van der Waals surface area contributed by atoms with E-state index in [0.29, 0.717) is 20.8 Å². The van der Waals surface area contributed by atoms with Gasteiger partial charge in [0.2, 0.25) is 5.91 Å². The Balaban J connectivity index is 0.00000220. The molecule has 0 saturated heterocycles. The standard InChI is InChI=1S/C13H9BrCl2F2NO.Y/c14-9-5-7(15)1-2-8(9)11-4-3-10(16)13(20)19(11)6-12(17)18;/h1-2,5,10,12H,3,6H2;/q-1;. The summed E-state index contributed by atoms with van der Waals surface area (Å²) in [4.78, 5) is 13.0. The summed E-state index contributed by atoms with van der Waals surface area (Å²) in [6.07, 6.45) is 0.450. The Labute approximate surface area is 164 Å². The molecule has 1 heterocycles. The van der Waals surface area contributed by atoms with Gasteiger partial charge in [-0.25, -0.2) is 14.9 Å². The van der Waals surface area contributed by atoms with Crippen LogP contribution in [0.3, 0.4) is 0 Å². The molecule has 2 rings (SSSR count). The zero-order valence-corrected chi connectivity index (χ0v) is 16.6. The molecule has 1 aliphatic rings. The van der Waals surface area contributed by atoms with Crippen LogP contribution in [0.5, 0.6) is 0 Å². The van der Waals surface area contributed by atoms with Gasteiger partial charge in [-0.15, -0.1) is 28.9 Å². The van der Waals surface area contributed by atoms with Crippen LogP contribution in [-0.2, 0) is 37.5 Å². The third kappa shape index (κ3) is 4.71. The van der Waals surface area contributed by atoms with Gasteiger partial charge in [0.05, 0.1) is 6.54 Å². The van der Waals surface area contributed by atoms with Crippen LogP contribution in [0.25, 0.3) is 5.70 Å². The molecule has 1 radical (unpaired) electrons. The number of carbonyl (C=O) groups excluding carboxylic acids is 1. The minimum Gasteiger partial charge on any atom is -0.340 e. The first-order chi connectivity index (χ1) is 9.40. The van der Waals surface area contributed by atoms with Crippen molar-refractivity contribution >= 4 is 50.7 Å². The van der Waals surface area contributed by atoms with E-state index >= 15 is 0 Å². The Morgan fingerprint density at radius 3 is 2.71 bits per heavy atom. The maximum atomic E-state index is 12.7. The second-order valence-electron chi connectivity index (χ2n) is 4.16. The molecule has 1 unspecified atom stereocenters. The minimum absolute atomic E-state index is 0. The largest absolute Gasteiger partial charge is 0.340 e. The van der Waals surface area contributed by atoms with E-state index in [1.807, 2.05) is 0 Å². The molecule has 0 saturated carbocycles. The third-order valence-electron chi connectivity index (χ3n) is 2.76. The summed E-state index contributed by atoms with van der Waals surface area (Å²) >= 11 is 15.0. The fraction of sp³-hybridized carbons (Fsp3) is 0.308. The Morgan fingerprint density at radius 1 is 1.48 bits per heavy atom. The average molecular weight is 473 g/mol. The van der Waals surface area contributed by atoms with Crippen LogP contribution in [0.1, 0.15) is 12.0 Å². The Kier molecular flexibility index (Phi) is 7.75. The van der Waals surface area contributed by atoms with Gasteiger partial charge in [0.15, 0.2) is 0 Å². The van der Waals surface area contributed by atoms with E-state index in [0.717, 1.165) is 4.90 Å². The second-order valence-corrected chi connectivity index (χ2v) is 5.98. The predicted octanol–water partition coefficient (Wildman–Crippen LogP) is 4.35. The van der Waals surface area contributed by atoms with Crippen molar-refractivity contribution in [2.75, 3.05) is 6.54 Å². The molecule has 0 aromatic heterocycles. The van der Waals surface area contributed by atoms with E-state index in [9.17, 15) is 13.6 Å². The first-order valence-corrected chi connectivity index (χ1v) is 7.30. The smallest absolute Gasteiger partial charge is 0.256 e. The topological polar surface area (TPSA) is 20.3 Å². The van der Waals surface area contributed by atoms with Crippen molar-refractivity contribution in [2.24, 2.45) is 0 Å². The van der Waals surface area contributed by atoms with Gasteiger partial charge in [0.1, 0.15) is 5.38 Å². The molecule has 1 aromatic rings. The molecule has 0 aliphatic carbocycles. The van der Waals surface area contributed by atoms with Crippen LogP contribution < -0.4 is 0 Å². The second kappa shape index (κ2) is 8.35. The van der Waals surface area contributed by atoms with Crippen molar-refractivity contribution in [3.63, 3.8) is 0 Å². The van der Waals surface area contributed by atoms with Gasteiger partial charge in [-0.1, -0.05) is 44.5 Å². The van der Waals surface area contributed by atoms with E-state index in [2.05, 4.69) is 22.0 Å². The molecular formula is C13H9BrCl2F2NOY-. The van der Waals surface area contributed by atoms with Crippen LogP contribution in [0.4, 0.5) is 8.78 Å². The molecular weight excluding hydrogens is 464 g/mol. The third-order valence-corrected chi connectivity index (χ3v) is 3.99. The molecule has 0 spiro atoms. The number of hydrogen-bond acceptors (Lipinski definition) is 1. The van der Waals surface area contributed by atoms with Gasteiger partial charge in [-0.3, -0.25) is 4.79 Å². The van der Waals surface area contributed by atoms with Crippen molar-refractivity contribution < 1.29 is 46.3 Å². The van der Waals surface area contributed by atoms with E-state index in [4.69, 9.17) is 23.2 Å². The van der Waals surface area contributed by atoms with Crippen molar-refractivity contribution in [1.82, 2.24) is 4.90 Å². The fourth-order valence-electron chi connectivity index (χ4n) is 1.89. The van der Waals surface area contributed by atoms with Crippen LogP contribution in [-0.4, -0.2) is 29.2 Å². The molecule has 1 atom stereocenters. The molecule has 2 nitrogen and oxygen atoms in total. The fourth-order valence-corrected chi connectivity index (χ4v) is 2.96. The summed E-state index contributed by atoms with van der Waals surface area (Å²) < 4.78 is 25.9. The molecule has 1 aromatic carbocycles. The van der Waals surface area contributed by atoms with Crippen LogP contribution in [0, 0.1) is 6.08 Å². The number of halogens is 5. The maximum Gasteiger partial charge on any atom is 0.256 e. The maximum absolute atomic E-state index is 12.7. The number of benzene rings is 1. The number of alkyl halides is 3. The summed E-state index contributed by atoms with van der Waals surface area (Å²) in [5.41, 5.74) is 0.878. The zero-order valence-electron chi connectivity index (χ0n) is 10.6. The van der Waals surface area contributed by atoms with E-state index in [-0.39, 0.29) is 39.1 Å². The Morgan fingerprint density at radius 2 is 2.14 bits per heavy atom. The number of nitrogens with zero attached hydrogens (tertiary/aromatic N) is 1. The summed E-state index contributed by atoms with van der Waals surface area (Å²) in [6, 6.07) is 4.90. The molecule has 0 N–H and O–H groups in total. The molecule has 8 heteroatoms. The number of allylic oxidation sites excluding steroid dienone is 1. The van der Waals surface area contributed by atoms with Crippen molar-refractivity contribution in [2.45, 2.75) is 18.2 Å². The van der Waals surface area contributed by atoms with Crippen LogP contribution >= 0.6 is 39.1 Å². The average Bonchev–Trinajstić information content (AvgIpc) is 2.36. The zero-order chi connectivity index (χ0) is 14.9. The molecule has 111 valence electrons. The molecule has 21 heavy (non-hydrogen) atoms. The summed E-state index contributed by atoms with van der Waals surface area (Å²) in [6.45, 7) is -0.709. The Hall–Kier alpha value is 0.454. The van der Waals surface area contributed by atoms with Crippen molar-refractivity contribution in [3.05, 3.63) is 39.3 Å². The molecule has 1 amide bonds. The van der Waals surface area contributed by atoms with Gasteiger partial charge in [-0.05, 0) is 6.07 Å². The summed E-state index contributed by atoms with van der Waals surface area (Å²) in [5.74, 6) is -0.539. The normalized spacial score (nSPS) is 18.6. The quantitative estimate of drug-likeness (QED) is 0.473. The van der Waals surface area contributed by atoms with Gasteiger partial charge < -0.3 is 4.90 Å². The molecule has 1 aliphatic heterocycles. The number of carbonyl (C=O) groups is 1. The van der Waals surface area contributed by atoms with Gasteiger partial charge >= 0.3 is 0 Å². The molecule has 0 fully saturated rings. The summed E-state index contributed by atoms with van der Waals surface area (Å²) in [7, 11) is 0. The van der Waals surface area contributed by atoms with E-state index in [1.165, 1.54) is 0 Å². The van der Waals surface area contributed by atoms with E-state index in [1.54, 1.807) is 18.2 Å². The van der Waals surface area contributed by atoms with Gasteiger partial charge in [-0.2, -0.15) is 0 Å². The van der Waals surface area contributed by atoms with Crippen molar-refractivity contribution in [1.29, 1.82) is 0 Å². The minimum atomic E-state index is -2.65. The van der Waals surface area contributed by atoms with Gasteiger partial charge in [0.25, 0.3) is 6.43 Å². The number of rotatable bonds is 3. The molecule has 0 bridgehead atoms. The SMILES string of the molecule is O=C1C(Cl)C[C-]=C(c2ccc(Cl)cc2Br)N1CC(F)F.[Y]. The first kappa shape index (κ1) is 19.5. The summed E-state index contributed by atoms with van der Waals surface area (Å²) in [5, 5.41) is -0.359. The Bertz CT molecular complexity index is 571. The van der Waals surface area contributed by atoms with Crippen LogP contribution in [0.15, 0.2) is 22.7 Å². The van der Waals surface area contributed by atoms with Gasteiger partial charge in [0, 0.05) is 37.7 Å². The van der Waals surface area contributed by atoms with Crippen molar-refractivity contribution in [3.8, 4) is 0 Å². The predicted molar refractivity (Wildman–Crippen MR) is 77.8 cm³/mol. The number of amides is 1. The monoisotopic (exact) mass is 471 g/mol. The van der Waals surface area contributed by atoms with Crippen LogP contribution in [0.2, 0.25) is 5.02 Å². The number of hydrogen-bond donors (Lipinski definition) is 0. The van der Waals surface area contributed by atoms with E-state index < -0.39 is 24.3 Å². The first-order valence-electron chi connectivity index (χ1n) is 5.70.